The smallest absolute Gasteiger partial charge is 0.256 e. The van der Waals surface area contributed by atoms with Crippen molar-refractivity contribution in [3.63, 3.8) is 0 Å². The van der Waals surface area contributed by atoms with Crippen molar-refractivity contribution in [1.29, 1.82) is 5.26 Å². The van der Waals surface area contributed by atoms with Crippen LogP contribution in [0.3, 0.4) is 0 Å². The number of halogens is 3. The molecular formula is C23H20F3N7. The number of fused-ring (bicyclic) bond motifs is 3. The summed E-state index contributed by atoms with van der Waals surface area (Å²) >= 11 is 0. The molecule has 0 unspecified atom stereocenters. The summed E-state index contributed by atoms with van der Waals surface area (Å²) in [5.41, 5.74) is 6.25. The molecule has 0 spiro atoms. The Kier molecular flexibility index (Phi) is 5.71. The average molecular weight is 451 g/mol. The zero-order valence-electron chi connectivity index (χ0n) is 18.1. The molecule has 0 saturated heterocycles. The van der Waals surface area contributed by atoms with Gasteiger partial charge in [0.2, 0.25) is 0 Å². The van der Waals surface area contributed by atoms with E-state index in [1.54, 1.807) is 44.1 Å². The van der Waals surface area contributed by atoms with Crippen LogP contribution >= 0.6 is 0 Å². The highest BCUT2D eigenvalue weighted by Gasteiger charge is 2.26. The first kappa shape index (κ1) is 22.2. The minimum Gasteiger partial charge on any atom is -0.320 e. The molecule has 7 nitrogen and oxygen atoms in total. The lowest BCUT2D eigenvalue weighted by molar-refractivity contribution is 0.158. The van der Waals surface area contributed by atoms with Gasteiger partial charge in [-0.2, -0.15) is 5.26 Å². The number of rotatable bonds is 4. The molecule has 0 saturated carbocycles. The van der Waals surface area contributed by atoms with Crippen molar-refractivity contribution in [2.75, 3.05) is 28.9 Å². The highest BCUT2D eigenvalue weighted by molar-refractivity contribution is 6.06. The third kappa shape index (κ3) is 4.47. The maximum atomic E-state index is 14.2. The van der Waals surface area contributed by atoms with E-state index < -0.39 is 24.2 Å². The fourth-order valence-corrected chi connectivity index (χ4v) is 3.44. The molecule has 2 aromatic heterocycles. The molecule has 1 aromatic carbocycles. The number of alkyl halides is 2. The van der Waals surface area contributed by atoms with Gasteiger partial charge in [0.05, 0.1) is 12.6 Å². The number of anilines is 4. The number of nitrogens with one attached hydrogen (secondary N) is 2. The molecule has 4 rings (SSSR count). The van der Waals surface area contributed by atoms with E-state index in [0.717, 1.165) is 0 Å². The molecule has 0 radical (unpaired) electrons. The molecule has 0 aliphatic carbocycles. The monoisotopic (exact) mass is 451 g/mol. The van der Waals surface area contributed by atoms with Gasteiger partial charge >= 0.3 is 0 Å². The summed E-state index contributed by atoms with van der Waals surface area (Å²) in [6.07, 6.45) is -1.25. The Morgan fingerprint density at radius 3 is 2.73 bits per heavy atom. The van der Waals surface area contributed by atoms with E-state index in [1.165, 1.54) is 23.2 Å². The van der Waals surface area contributed by atoms with Crippen molar-refractivity contribution < 1.29 is 13.2 Å². The molecule has 0 fully saturated rings. The van der Waals surface area contributed by atoms with Crippen LogP contribution in [0.15, 0.2) is 36.5 Å². The quantitative estimate of drug-likeness (QED) is 0.571. The second kappa shape index (κ2) is 8.49. The van der Waals surface area contributed by atoms with Crippen LogP contribution in [0.4, 0.5) is 36.2 Å². The summed E-state index contributed by atoms with van der Waals surface area (Å²) in [4.78, 5) is 10.0. The third-order valence-electron chi connectivity index (χ3n) is 5.01. The minimum atomic E-state index is -2.70. The maximum Gasteiger partial charge on any atom is 0.256 e. The van der Waals surface area contributed by atoms with E-state index in [2.05, 4.69) is 38.8 Å². The Bertz CT molecular complexity index is 1320. The molecule has 0 bridgehead atoms. The molecule has 10 heteroatoms. The predicted molar refractivity (Wildman–Crippen MR) is 120 cm³/mol. The number of hydrazine groups is 2. The molecule has 1 aliphatic heterocycles. The fourth-order valence-electron chi connectivity index (χ4n) is 3.44. The lowest BCUT2D eigenvalue weighted by Crippen LogP contribution is -2.31. The number of nitriles is 1. The number of benzene rings is 1. The second-order valence-electron chi connectivity index (χ2n) is 8.01. The summed E-state index contributed by atoms with van der Waals surface area (Å²) in [6, 6.07) is 9.36. The van der Waals surface area contributed by atoms with Gasteiger partial charge < -0.3 is 4.90 Å². The van der Waals surface area contributed by atoms with Gasteiger partial charge in [0, 0.05) is 29.7 Å². The van der Waals surface area contributed by atoms with Gasteiger partial charge in [0.15, 0.2) is 5.82 Å². The molecule has 33 heavy (non-hydrogen) atoms. The van der Waals surface area contributed by atoms with E-state index in [-0.39, 0.29) is 5.82 Å². The summed E-state index contributed by atoms with van der Waals surface area (Å²) < 4.78 is 41.5. The molecule has 3 aromatic rings. The molecule has 0 amide bonds. The van der Waals surface area contributed by atoms with Gasteiger partial charge in [-0.15, -0.1) is 5.53 Å². The van der Waals surface area contributed by atoms with E-state index in [1.807, 2.05) is 0 Å². The summed E-state index contributed by atoms with van der Waals surface area (Å²) in [7, 11) is 1.76. The molecule has 168 valence electrons. The third-order valence-corrected chi connectivity index (χ3v) is 5.01. The largest absolute Gasteiger partial charge is 0.320 e. The summed E-state index contributed by atoms with van der Waals surface area (Å²) in [5.74, 6) is 5.72. The number of aromatic nitrogens is 2. The fraction of sp³-hybridized carbons (Fsp3) is 0.261. The SMILES string of the molecule is CN1NNc2nc(N(CC(F)F)c3ccnc(C#CC(C)(C)C#N)c3)c3cc(F)ccc3c21. The normalized spacial score (nSPS) is 12.7. The van der Waals surface area contributed by atoms with Crippen molar-refractivity contribution in [3.05, 3.63) is 48.0 Å². The van der Waals surface area contributed by atoms with Crippen LogP contribution in [0.1, 0.15) is 19.5 Å². The van der Waals surface area contributed by atoms with Crippen LogP contribution in [0.5, 0.6) is 0 Å². The first-order valence-electron chi connectivity index (χ1n) is 10.0. The Morgan fingerprint density at radius 1 is 1.21 bits per heavy atom. The summed E-state index contributed by atoms with van der Waals surface area (Å²) in [5, 5.41) is 11.9. The van der Waals surface area contributed by atoms with Crippen molar-refractivity contribution >= 4 is 33.8 Å². The molecule has 1 aliphatic rings. The Labute approximate surface area is 188 Å². The van der Waals surface area contributed by atoms with E-state index in [9.17, 15) is 13.2 Å². The van der Waals surface area contributed by atoms with Crippen LogP contribution in [-0.4, -0.2) is 30.0 Å². The van der Waals surface area contributed by atoms with E-state index in [4.69, 9.17) is 5.26 Å². The molecular weight excluding hydrogens is 431 g/mol. The van der Waals surface area contributed by atoms with Crippen LogP contribution < -0.4 is 20.9 Å². The minimum absolute atomic E-state index is 0.163. The van der Waals surface area contributed by atoms with E-state index in [0.29, 0.717) is 33.7 Å². The maximum absolute atomic E-state index is 14.2. The zero-order chi connectivity index (χ0) is 23.8. The van der Waals surface area contributed by atoms with Crippen LogP contribution in [0.25, 0.3) is 10.8 Å². The van der Waals surface area contributed by atoms with Crippen LogP contribution in [0, 0.1) is 34.4 Å². The lowest BCUT2D eigenvalue weighted by atomic mass is 9.97. The Morgan fingerprint density at radius 2 is 2.00 bits per heavy atom. The van der Waals surface area contributed by atoms with Gasteiger partial charge in [-0.25, -0.2) is 23.1 Å². The van der Waals surface area contributed by atoms with Gasteiger partial charge in [-0.1, -0.05) is 5.92 Å². The van der Waals surface area contributed by atoms with Gasteiger partial charge in [-0.05, 0) is 50.1 Å². The first-order chi connectivity index (χ1) is 15.7. The number of nitrogens with zero attached hydrogens (tertiary/aromatic N) is 5. The van der Waals surface area contributed by atoms with Crippen molar-refractivity contribution in [2.45, 2.75) is 20.3 Å². The highest BCUT2D eigenvalue weighted by atomic mass is 19.3. The lowest BCUT2D eigenvalue weighted by Gasteiger charge is -2.26. The molecule has 3 heterocycles. The summed E-state index contributed by atoms with van der Waals surface area (Å²) in [6.45, 7) is 2.65. The number of hydrogen-bond acceptors (Lipinski definition) is 7. The second-order valence-corrected chi connectivity index (χ2v) is 8.01. The van der Waals surface area contributed by atoms with Gasteiger partial charge in [0.1, 0.15) is 28.4 Å². The molecule has 2 N–H and O–H groups in total. The van der Waals surface area contributed by atoms with Crippen molar-refractivity contribution in [3.8, 4) is 17.9 Å². The number of pyridine rings is 2. The topological polar surface area (TPSA) is 80.1 Å². The predicted octanol–water partition coefficient (Wildman–Crippen LogP) is 4.35. The van der Waals surface area contributed by atoms with Gasteiger partial charge in [0.25, 0.3) is 6.43 Å². The standard InChI is InChI=1S/C23H20F3N7/c1-23(2,13-27)8-6-15-11-16(7-9-28-15)33(12-19(25)26)22-18-10-14(24)4-5-17(18)20-21(29-22)30-31-32(20)3/h4-5,7,9-11,19,31H,12H2,1-3H3,(H,29,30). The average Bonchev–Trinajstić information content (AvgIpc) is 3.16. The van der Waals surface area contributed by atoms with Crippen molar-refractivity contribution in [2.24, 2.45) is 5.41 Å². The Hall–Kier alpha value is -4.02. The highest BCUT2D eigenvalue weighted by Crippen LogP contribution is 2.41. The zero-order valence-corrected chi connectivity index (χ0v) is 18.1. The van der Waals surface area contributed by atoms with Crippen molar-refractivity contribution in [1.82, 2.24) is 15.5 Å². The van der Waals surface area contributed by atoms with E-state index >= 15 is 0 Å². The first-order valence-corrected chi connectivity index (χ1v) is 10.0. The number of hydrogen-bond donors (Lipinski definition) is 2. The molecule has 0 atom stereocenters. The van der Waals surface area contributed by atoms with Crippen LogP contribution in [-0.2, 0) is 0 Å². The Balaban J connectivity index is 1.89. The van der Waals surface area contributed by atoms with Gasteiger partial charge in [-0.3, -0.25) is 10.4 Å². The van der Waals surface area contributed by atoms with Crippen LogP contribution in [0.2, 0.25) is 0 Å².